The van der Waals surface area contributed by atoms with Gasteiger partial charge >= 0.3 is 0 Å². The third-order valence-corrected chi connectivity index (χ3v) is 2.74. The van der Waals surface area contributed by atoms with Crippen LogP contribution in [-0.2, 0) is 0 Å². The van der Waals surface area contributed by atoms with Crippen molar-refractivity contribution in [1.29, 1.82) is 0 Å². The van der Waals surface area contributed by atoms with Gasteiger partial charge in [-0.3, -0.25) is 0 Å². The van der Waals surface area contributed by atoms with Gasteiger partial charge in [-0.2, -0.15) is 0 Å². The van der Waals surface area contributed by atoms with Gasteiger partial charge in [-0.05, 0) is 37.3 Å². The molecule has 0 saturated carbocycles. The fraction of sp³-hybridized carbons (Fsp3) is 0.0714. The molecule has 0 N–H and O–H groups in total. The average molecular weight is 208 g/mol. The van der Waals surface area contributed by atoms with Gasteiger partial charge in [0.25, 0.3) is 0 Å². The van der Waals surface area contributed by atoms with Crippen LogP contribution in [0.2, 0.25) is 0 Å². The summed E-state index contributed by atoms with van der Waals surface area (Å²) in [6, 6.07) is 14.5. The first-order chi connectivity index (χ1) is 7.84. The van der Waals surface area contributed by atoms with Crippen molar-refractivity contribution in [1.82, 2.24) is 9.55 Å². The lowest BCUT2D eigenvalue weighted by molar-refractivity contribution is 1.04. The van der Waals surface area contributed by atoms with Gasteiger partial charge < -0.3 is 4.57 Å². The fourth-order valence-corrected chi connectivity index (χ4v) is 1.96. The molecule has 2 heteroatoms. The second-order valence-corrected chi connectivity index (χ2v) is 3.94. The molecule has 0 unspecified atom stereocenters. The summed E-state index contributed by atoms with van der Waals surface area (Å²) < 4.78 is 2.11. The minimum atomic E-state index is 0.960. The summed E-state index contributed by atoms with van der Waals surface area (Å²) in [7, 11) is 0. The Hall–Kier alpha value is -2.09. The lowest BCUT2D eigenvalue weighted by Crippen LogP contribution is -1.94. The van der Waals surface area contributed by atoms with Crippen LogP contribution in [0.3, 0.4) is 0 Å². The lowest BCUT2D eigenvalue weighted by Gasteiger charge is -2.03. The van der Waals surface area contributed by atoms with Gasteiger partial charge in [-0.1, -0.05) is 17.7 Å². The van der Waals surface area contributed by atoms with E-state index in [2.05, 4.69) is 46.9 Å². The van der Waals surface area contributed by atoms with Crippen molar-refractivity contribution in [3.8, 4) is 5.82 Å². The molecule has 16 heavy (non-hydrogen) atoms. The summed E-state index contributed by atoms with van der Waals surface area (Å²) in [5.41, 5.74) is 2.48. The highest BCUT2D eigenvalue weighted by molar-refractivity contribution is 5.82. The molecule has 2 aromatic heterocycles. The second kappa shape index (κ2) is 3.49. The summed E-state index contributed by atoms with van der Waals surface area (Å²) >= 11 is 0. The van der Waals surface area contributed by atoms with Gasteiger partial charge in [-0.25, -0.2) is 4.98 Å². The summed E-state index contributed by atoms with van der Waals surface area (Å²) in [6.07, 6.45) is 3.88. The van der Waals surface area contributed by atoms with Gasteiger partial charge in [0.1, 0.15) is 5.82 Å². The Morgan fingerprint density at radius 3 is 2.81 bits per heavy atom. The van der Waals surface area contributed by atoms with E-state index in [1.165, 1.54) is 16.5 Å². The monoisotopic (exact) mass is 208 g/mol. The average Bonchev–Trinajstić information content (AvgIpc) is 2.73. The maximum absolute atomic E-state index is 4.36. The third-order valence-electron chi connectivity index (χ3n) is 2.74. The zero-order valence-electron chi connectivity index (χ0n) is 9.09. The predicted molar refractivity (Wildman–Crippen MR) is 65.8 cm³/mol. The van der Waals surface area contributed by atoms with E-state index in [-0.39, 0.29) is 0 Å². The van der Waals surface area contributed by atoms with Gasteiger partial charge in [0, 0.05) is 17.8 Å². The van der Waals surface area contributed by atoms with Crippen LogP contribution in [0.1, 0.15) is 5.56 Å². The second-order valence-electron chi connectivity index (χ2n) is 3.94. The third kappa shape index (κ3) is 1.39. The molecule has 0 saturated heterocycles. The quantitative estimate of drug-likeness (QED) is 0.599. The van der Waals surface area contributed by atoms with Crippen molar-refractivity contribution in [3.63, 3.8) is 0 Å². The molecule has 0 fully saturated rings. The van der Waals surface area contributed by atoms with Gasteiger partial charge in [0.2, 0.25) is 0 Å². The number of nitrogens with zero attached hydrogens (tertiary/aromatic N) is 2. The van der Waals surface area contributed by atoms with Crippen LogP contribution in [0, 0.1) is 6.92 Å². The summed E-state index contributed by atoms with van der Waals surface area (Å²) in [5, 5.41) is 1.26. The summed E-state index contributed by atoms with van der Waals surface area (Å²) in [6.45, 7) is 2.11. The number of pyridine rings is 1. The molecule has 0 bridgehead atoms. The van der Waals surface area contributed by atoms with Crippen molar-refractivity contribution >= 4 is 10.9 Å². The number of aryl methyl sites for hydroxylation is 1. The molecule has 0 spiro atoms. The highest BCUT2D eigenvalue weighted by Crippen LogP contribution is 2.20. The van der Waals surface area contributed by atoms with E-state index < -0.39 is 0 Å². The number of fused-ring (bicyclic) bond motifs is 1. The van der Waals surface area contributed by atoms with Crippen molar-refractivity contribution < 1.29 is 0 Å². The Morgan fingerprint density at radius 1 is 1.06 bits per heavy atom. The van der Waals surface area contributed by atoms with Crippen LogP contribution < -0.4 is 0 Å². The maximum Gasteiger partial charge on any atom is 0.137 e. The molecule has 78 valence electrons. The molecule has 0 aliphatic rings. The molecule has 0 radical (unpaired) electrons. The lowest BCUT2D eigenvalue weighted by atomic mass is 10.2. The van der Waals surface area contributed by atoms with E-state index in [0.29, 0.717) is 0 Å². The minimum absolute atomic E-state index is 0.960. The number of benzene rings is 1. The van der Waals surface area contributed by atoms with Crippen molar-refractivity contribution in [2.45, 2.75) is 6.92 Å². The molecule has 0 aliphatic heterocycles. The van der Waals surface area contributed by atoms with Gasteiger partial charge in [0.15, 0.2) is 0 Å². The molecule has 3 aromatic rings. The van der Waals surface area contributed by atoms with Crippen LogP contribution in [-0.4, -0.2) is 9.55 Å². The first-order valence-corrected chi connectivity index (χ1v) is 5.34. The maximum atomic E-state index is 4.36. The SMILES string of the molecule is Cc1ccc2c(ccn2-c2ccccn2)c1. The molecule has 2 nitrogen and oxygen atoms in total. The normalized spacial score (nSPS) is 10.8. The van der Waals surface area contributed by atoms with E-state index in [0.717, 1.165) is 5.82 Å². The van der Waals surface area contributed by atoms with Crippen molar-refractivity contribution in [2.75, 3.05) is 0 Å². The highest BCUT2D eigenvalue weighted by atomic mass is 15.0. The van der Waals surface area contributed by atoms with E-state index >= 15 is 0 Å². The summed E-state index contributed by atoms with van der Waals surface area (Å²) in [4.78, 5) is 4.36. The molecular weight excluding hydrogens is 196 g/mol. The smallest absolute Gasteiger partial charge is 0.137 e. The van der Waals surface area contributed by atoms with E-state index in [4.69, 9.17) is 0 Å². The predicted octanol–water partition coefficient (Wildman–Crippen LogP) is 3.33. The topological polar surface area (TPSA) is 17.8 Å². The number of hydrogen-bond acceptors (Lipinski definition) is 1. The molecule has 0 atom stereocenters. The Morgan fingerprint density at radius 2 is 2.00 bits per heavy atom. The largest absolute Gasteiger partial charge is 0.301 e. The molecule has 0 amide bonds. The zero-order chi connectivity index (χ0) is 11.0. The molecular formula is C14H12N2. The summed E-state index contributed by atoms with van der Waals surface area (Å²) in [5.74, 6) is 0.960. The fourth-order valence-electron chi connectivity index (χ4n) is 1.96. The van der Waals surface area contributed by atoms with Crippen molar-refractivity contribution in [2.24, 2.45) is 0 Å². The van der Waals surface area contributed by atoms with Crippen LogP contribution in [0.4, 0.5) is 0 Å². The van der Waals surface area contributed by atoms with Crippen molar-refractivity contribution in [3.05, 3.63) is 60.4 Å². The number of rotatable bonds is 1. The molecule has 3 rings (SSSR count). The Bertz CT molecular complexity index is 624. The van der Waals surface area contributed by atoms with Crippen LogP contribution in [0.5, 0.6) is 0 Å². The van der Waals surface area contributed by atoms with Crippen LogP contribution in [0.25, 0.3) is 16.7 Å². The van der Waals surface area contributed by atoms with E-state index in [9.17, 15) is 0 Å². The molecule has 1 aromatic carbocycles. The highest BCUT2D eigenvalue weighted by Gasteiger charge is 2.02. The van der Waals surface area contributed by atoms with Crippen LogP contribution in [0.15, 0.2) is 54.9 Å². The van der Waals surface area contributed by atoms with Gasteiger partial charge in [0.05, 0.1) is 5.52 Å². The Balaban J connectivity index is 2.26. The number of hydrogen-bond donors (Lipinski definition) is 0. The zero-order valence-corrected chi connectivity index (χ0v) is 9.09. The Labute approximate surface area is 94.2 Å². The Kier molecular flexibility index (Phi) is 2.00. The van der Waals surface area contributed by atoms with Gasteiger partial charge in [-0.15, -0.1) is 0 Å². The molecule has 2 heterocycles. The first-order valence-electron chi connectivity index (χ1n) is 5.34. The molecule has 0 aliphatic carbocycles. The first kappa shape index (κ1) is 9.16. The minimum Gasteiger partial charge on any atom is -0.301 e. The van der Waals surface area contributed by atoms with Crippen LogP contribution >= 0.6 is 0 Å². The van der Waals surface area contributed by atoms with E-state index in [1.54, 1.807) is 0 Å². The van der Waals surface area contributed by atoms with E-state index in [1.807, 2.05) is 24.4 Å². The standard InChI is InChI=1S/C14H12N2/c1-11-5-6-13-12(10-11)7-9-16(13)14-4-2-3-8-15-14/h2-10H,1H3. The number of aromatic nitrogens is 2.